The standard InChI is InChI=1S/C25H27ClN4S/c1-16-15-21(17(2)29(16)20-12-10-18(26)11-13-20)24-23(22-9-5-6-14-27-22)28-25(31)30(24)19-7-3-4-8-19/h5-6,9-15,19,23-24H,3-4,7-8H2,1-2H3,(H,28,31)/t23-,24-/m0/s1. The van der Waals surface area contributed by atoms with Crippen molar-refractivity contribution in [3.63, 3.8) is 0 Å². The number of benzene rings is 1. The highest BCUT2D eigenvalue weighted by Gasteiger charge is 2.44. The summed E-state index contributed by atoms with van der Waals surface area (Å²) >= 11 is 12.0. The molecule has 6 heteroatoms. The van der Waals surface area contributed by atoms with E-state index in [0.717, 1.165) is 21.5 Å². The molecule has 1 saturated heterocycles. The molecule has 5 rings (SSSR count). The van der Waals surface area contributed by atoms with Gasteiger partial charge in [0.15, 0.2) is 5.11 Å². The van der Waals surface area contributed by atoms with Crippen molar-refractivity contribution in [3.8, 4) is 5.69 Å². The zero-order chi connectivity index (χ0) is 21.5. The summed E-state index contributed by atoms with van der Waals surface area (Å²) in [6, 6.07) is 17.1. The van der Waals surface area contributed by atoms with Crippen LogP contribution < -0.4 is 5.32 Å². The lowest BCUT2D eigenvalue weighted by Gasteiger charge is -2.33. The molecule has 3 aromatic rings. The van der Waals surface area contributed by atoms with E-state index in [4.69, 9.17) is 23.8 Å². The van der Waals surface area contributed by atoms with Crippen molar-refractivity contribution in [1.29, 1.82) is 0 Å². The Hall–Kier alpha value is -2.37. The van der Waals surface area contributed by atoms with Crippen molar-refractivity contribution < 1.29 is 0 Å². The normalized spacial score (nSPS) is 21.6. The third-order valence-corrected chi connectivity index (χ3v) is 7.31. The number of aryl methyl sites for hydroxylation is 1. The van der Waals surface area contributed by atoms with Crippen LogP contribution in [0.3, 0.4) is 0 Å². The second-order valence-corrected chi connectivity index (χ2v) is 9.43. The summed E-state index contributed by atoms with van der Waals surface area (Å²) < 4.78 is 2.31. The molecule has 4 nitrogen and oxygen atoms in total. The number of rotatable bonds is 4. The van der Waals surface area contributed by atoms with Crippen LogP contribution in [0.1, 0.15) is 60.4 Å². The quantitative estimate of drug-likeness (QED) is 0.490. The minimum atomic E-state index is 0.0356. The minimum absolute atomic E-state index is 0.0356. The Bertz CT molecular complexity index is 1090. The van der Waals surface area contributed by atoms with Crippen LogP contribution >= 0.6 is 23.8 Å². The average Bonchev–Trinajstić information content (AvgIpc) is 3.48. The summed E-state index contributed by atoms with van der Waals surface area (Å²) in [5.74, 6) is 0. The molecule has 2 aliphatic rings. The van der Waals surface area contributed by atoms with Crippen molar-refractivity contribution in [2.75, 3.05) is 0 Å². The number of thiocarbonyl (C=S) groups is 1. The molecule has 1 aromatic carbocycles. The number of nitrogens with one attached hydrogen (secondary N) is 1. The Kier molecular flexibility index (Phi) is 5.49. The topological polar surface area (TPSA) is 33.1 Å². The highest BCUT2D eigenvalue weighted by atomic mass is 35.5. The third-order valence-electron chi connectivity index (χ3n) is 6.73. The van der Waals surface area contributed by atoms with Crippen molar-refractivity contribution in [1.82, 2.24) is 19.8 Å². The SMILES string of the molecule is Cc1cc([C@H]2[C@H](c3ccccn3)NC(=S)N2C2CCCC2)c(C)n1-c1ccc(Cl)cc1. The highest BCUT2D eigenvalue weighted by Crippen LogP contribution is 2.44. The monoisotopic (exact) mass is 450 g/mol. The van der Waals surface area contributed by atoms with Crippen LogP contribution in [0.2, 0.25) is 5.02 Å². The van der Waals surface area contributed by atoms with Gasteiger partial charge in [-0.25, -0.2) is 0 Å². The van der Waals surface area contributed by atoms with E-state index in [1.54, 1.807) is 0 Å². The fraction of sp³-hybridized carbons (Fsp3) is 0.360. The lowest BCUT2D eigenvalue weighted by Crippen LogP contribution is -2.37. The Morgan fingerprint density at radius 2 is 1.81 bits per heavy atom. The number of pyridine rings is 1. The number of aromatic nitrogens is 2. The van der Waals surface area contributed by atoms with Gasteiger partial charge in [0.25, 0.3) is 0 Å². The molecule has 2 aromatic heterocycles. The van der Waals surface area contributed by atoms with Crippen molar-refractivity contribution in [2.45, 2.75) is 57.7 Å². The van der Waals surface area contributed by atoms with E-state index in [9.17, 15) is 0 Å². The zero-order valence-corrected chi connectivity index (χ0v) is 19.5. The van der Waals surface area contributed by atoms with Gasteiger partial charge in [-0.1, -0.05) is 30.5 Å². The van der Waals surface area contributed by atoms with Gasteiger partial charge in [0.1, 0.15) is 0 Å². The summed E-state index contributed by atoms with van der Waals surface area (Å²) in [5.41, 5.74) is 5.91. The van der Waals surface area contributed by atoms with E-state index in [2.05, 4.69) is 63.9 Å². The number of halogens is 1. The van der Waals surface area contributed by atoms with Crippen LogP contribution in [0, 0.1) is 13.8 Å². The van der Waals surface area contributed by atoms with Gasteiger partial charge in [-0.05, 0) is 86.9 Å². The maximum absolute atomic E-state index is 6.14. The largest absolute Gasteiger partial charge is 0.352 e. The van der Waals surface area contributed by atoms with Crippen LogP contribution in [0.25, 0.3) is 5.69 Å². The Morgan fingerprint density at radius 3 is 2.48 bits per heavy atom. The van der Waals surface area contributed by atoms with Crippen LogP contribution in [-0.2, 0) is 0 Å². The van der Waals surface area contributed by atoms with Crippen molar-refractivity contribution in [2.24, 2.45) is 0 Å². The fourth-order valence-electron chi connectivity index (χ4n) is 5.35. The van der Waals surface area contributed by atoms with E-state index in [0.29, 0.717) is 6.04 Å². The van der Waals surface area contributed by atoms with Gasteiger partial charge in [0, 0.05) is 34.3 Å². The first-order valence-corrected chi connectivity index (χ1v) is 11.8. The van der Waals surface area contributed by atoms with E-state index in [1.807, 2.05) is 24.4 Å². The van der Waals surface area contributed by atoms with Gasteiger partial charge in [-0.3, -0.25) is 4.98 Å². The molecule has 2 fully saturated rings. The first kappa shape index (κ1) is 20.5. The first-order valence-electron chi connectivity index (χ1n) is 11.0. The maximum Gasteiger partial charge on any atom is 0.170 e. The summed E-state index contributed by atoms with van der Waals surface area (Å²) in [6.07, 6.45) is 6.81. The molecule has 160 valence electrons. The molecule has 1 aliphatic carbocycles. The summed E-state index contributed by atoms with van der Waals surface area (Å²) in [5, 5.41) is 5.22. The summed E-state index contributed by atoms with van der Waals surface area (Å²) in [6.45, 7) is 4.38. The van der Waals surface area contributed by atoms with Gasteiger partial charge < -0.3 is 14.8 Å². The first-order chi connectivity index (χ1) is 15.0. The van der Waals surface area contributed by atoms with Gasteiger partial charge >= 0.3 is 0 Å². The second kappa shape index (κ2) is 8.29. The molecule has 3 heterocycles. The van der Waals surface area contributed by atoms with E-state index in [1.165, 1.54) is 42.6 Å². The van der Waals surface area contributed by atoms with Gasteiger partial charge in [0.05, 0.1) is 17.8 Å². The molecular weight excluding hydrogens is 424 g/mol. The smallest absolute Gasteiger partial charge is 0.170 e. The van der Waals surface area contributed by atoms with E-state index >= 15 is 0 Å². The molecule has 0 radical (unpaired) electrons. The average molecular weight is 451 g/mol. The number of nitrogens with zero attached hydrogens (tertiary/aromatic N) is 3. The molecule has 0 spiro atoms. The lowest BCUT2D eigenvalue weighted by atomic mass is 9.95. The molecule has 2 atom stereocenters. The minimum Gasteiger partial charge on any atom is -0.352 e. The molecule has 0 unspecified atom stereocenters. The third kappa shape index (κ3) is 3.64. The molecular formula is C25H27ClN4S. The van der Waals surface area contributed by atoms with Crippen LogP contribution in [0.15, 0.2) is 54.7 Å². The molecule has 0 amide bonds. The number of hydrogen-bond donors (Lipinski definition) is 1. The molecule has 0 bridgehead atoms. The Balaban J connectivity index is 1.63. The van der Waals surface area contributed by atoms with Crippen LogP contribution in [0.4, 0.5) is 0 Å². The Labute approximate surface area is 194 Å². The van der Waals surface area contributed by atoms with Gasteiger partial charge in [0.2, 0.25) is 0 Å². The zero-order valence-electron chi connectivity index (χ0n) is 17.9. The second-order valence-electron chi connectivity index (χ2n) is 8.61. The highest BCUT2D eigenvalue weighted by molar-refractivity contribution is 7.80. The van der Waals surface area contributed by atoms with Crippen LogP contribution in [-0.4, -0.2) is 25.6 Å². The lowest BCUT2D eigenvalue weighted by molar-refractivity contribution is 0.245. The number of hydrogen-bond acceptors (Lipinski definition) is 2. The predicted molar refractivity (Wildman–Crippen MR) is 130 cm³/mol. The fourth-order valence-corrected chi connectivity index (χ4v) is 5.86. The van der Waals surface area contributed by atoms with Gasteiger partial charge in [-0.2, -0.15) is 0 Å². The maximum atomic E-state index is 6.14. The molecule has 1 N–H and O–H groups in total. The summed E-state index contributed by atoms with van der Waals surface area (Å²) in [4.78, 5) is 7.16. The predicted octanol–water partition coefficient (Wildman–Crippen LogP) is 6.06. The van der Waals surface area contributed by atoms with E-state index in [-0.39, 0.29) is 12.1 Å². The Morgan fingerprint density at radius 1 is 1.06 bits per heavy atom. The molecule has 31 heavy (non-hydrogen) atoms. The van der Waals surface area contributed by atoms with Crippen molar-refractivity contribution in [3.05, 3.63) is 82.4 Å². The van der Waals surface area contributed by atoms with Crippen LogP contribution in [0.5, 0.6) is 0 Å². The molecule has 1 saturated carbocycles. The van der Waals surface area contributed by atoms with Crippen molar-refractivity contribution >= 4 is 28.9 Å². The molecule has 1 aliphatic heterocycles. The van der Waals surface area contributed by atoms with E-state index < -0.39 is 0 Å². The summed E-state index contributed by atoms with van der Waals surface area (Å²) in [7, 11) is 0. The van der Waals surface area contributed by atoms with Gasteiger partial charge in [-0.15, -0.1) is 0 Å².